The molecule has 0 aliphatic heterocycles. The molecule has 0 spiro atoms. The maximum atomic E-state index is 11.7. The number of ether oxygens (including phenoxy) is 1. The van der Waals surface area contributed by atoms with Gasteiger partial charge in [-0.1, -0.05) is 18.2 Å². The summed E-state index contributed by atoms with van der Waals surface area (Å²) in [5, 5.41) is 28.4. The predicted octanol–water partition coefficient (Wildman–Crippen LogP) is 4.07. The second-order valence-corrected chi connectivity index (χ2v) is 8.80. The van der Waals surface area contributed by atoms with Crippen LogP contribution in [0.25, 0.3) is 0 Å². The Balaban J connectivity index is 1.96. The summed E-state index contributed by atoms with van der Waals surface area (Å²) in [5.41, 5.74) is 3.84. The highest BCUT2D eigenvalue weighted by Crippen LogP contribution is 2.24. The largest absolute Gasteiger partial charge is 0.508 e. The van der Waals surface area contributed by atoms with Gasteiger partial charge in [0.2, 0.25) is 0 Å². The monoisotopic (exact) mass is 457 g/mol. The number of benzene rings is 2. The van der Waals surface area contributed by atoms with Crippen molar-refractivity contribution in [3.63, 3.8) is 0 Å². The molecule has 0 aromatic heterocycles. The SMILES string of the molecule is CC(C)N(c1cccc(CCCc2cc(COC(=O)[C@@H](O)CC(=O)O)ccc2O)c1)C(C)C. The number of hydrogen-bond acceptors (Lipinski definition) is 6. The van der Waals surface area contributed by atoms with E-state index in [0.29, 0.717) is 24.1 Å². The number of carbonyl (C=O) groups is 2. The fraction of sp³-hybridized carbons (Fsp3) is 0.462. The molecule has 2 aromatic rings. The van der Waals surface area contributed by atoms with Gasteiger partial charge in [-0.25, -0.2) is 4.79 Å². The number of phenolic OH excluding ortho intramolecular Hbond substituents is 1. The Hall–Kier alpha value is -3.06. The van der Waals surface area contributed by atoms with E-state index in [2.05, 4.69) is 56.9 Å². The number of phenols is 1. The van der Waals surface area contributed by atoms with E-state index in [-0.39, 0.29) is 12.4 Å². The summed E-state index contributed by atoms with van der Waals surface area (Å²) in [6.45, 7) is 8.64. The quantitative estimate of drug-likeness (QED) is 0.412. The van der Waals surface area contributed by atoms with Gasteiger partial charge in [-0.05, 0) is 87.9 Å². The van der Waals surface area contributed by atoms with Crippen LogP contribution in [0.5, 0.6) is 5.75 Å². The highest BCUT2D eigenvalue weighted by Gasteiger charge is 2.20. The Morgan fingerprint density at radius 2 is 1.67 bits per heavy atom. The highest BCUT2D eigenvalue weighted by molar-refractivity contribution is 5.80. The highest BCUT2D eigenvalue weighted by atomic mass is 16.5. The number of anilines is 1. The minimum Gasteiger partial charge on any atom is -0.508 e. The van der Waals surface area contributed by atoms with Gasteiger partial charge in [0.25, 0.3) is 0 Å². The number of carbonyl (C=O) groups excluding carboxylic acids is 1. The van der Waals surface area contributed by atoms with E-state index in [1.807, 2.05) is 0 Å². The molecule has 0 saturated carbocycles. The minimum atomic E-state index is -1.70. The van der Waals surface area contributed by atoms with Crippen LogP contribution in [0.3, 0.4) is 0 Å². The number of nitrogens with zero attached hydrogens (tertiary/aromatic N) is 1. The number of carboxylic acid groups (broad SMARTS) is 1. The molecule has 0 aliphatic rings. The van der Waals surface area contributed by atoms with Crippen LogP contribution in [0.15, 0.2) is 42.5 Å². The lowest BCUT2D eigenvalue weighted by atomic mass is 10.0. The third-order valence-corrected chi connectivity index (χ3v) is 5.40. The molecule has 33 heavy (non-hydrogen) atoms. The van der Waals surface area contributed by atoms with Crippen LogP contribution < -0.4 is 4.90 Å². The van der Waals surface area contributed by atoms with Crippen molar-refractivity contribution < 1.29 is 29.6 Å². The standard InChI is InChI=1S/C26H35NO6/c1-17(2)27(18(3)4)22-10-6-8-19(14-22)7-5-9-21-13-20(11-12-23(21)28)16-33-26(32)24(29)15-25(30)31/h6,8,10-14,17-18,24,28-29H,5,7,9,15-16H2,1-4H3,(H,30,31)/t24-/m0/s1. The number of aromatic hydroxyl groups is 1. The Labute approximate surface area is 195 Å². The zero-order valence-corrected chi connectivity index (χ0v) is 19.8. The average Bonchev–Trinajstić information content (AvgIpc) is 2.73. The first-order valence-electron chi connectivity index (χ1n) is 11.3. The van der Waals surface area contributed by atoms with Gasteiger partial charge in [-0.15, -0.1) is 0 Å². The lowest BCUT2D eigenvalue weighted by Gasteiger charge is -2.33. The summed E-state index contributed by atoms with van der Waals surface area (Å²) in [6.07, 6.45) is -0.0548. The van der Waals surface area contributed by atoms with E-state index in [1.54, 1.807) is 18.2 Å². The smallest absolute Gasteiger partial charge is 0.335 e. The molecule has 0 radical (unpaired) electrons. The normalized spacial score (nSPS) is 12.1. The van der Waals surface area contributed by atoms with E-state index < -0.39 is 24.5 Å². The molecule has 2 aromatic carbocycles. The molecule has 180 valence electrons. The molecule has 7 nitrogen and oxygen atoms in total. The van der Waals surface area contributed by atoms with Crippen LogP contribution in [-0.4, -0.2) is 45.4 Å². The third kappa shape index (κ3) is 8.09. The van der Waals surface area contributed by atoms with E-state index in [1.165, 1.54) is 11.3 Å². The summed E-state index contributed by atoms with van der Waals surface area (Å²) >= 11 is 0. The molecular weight excluding hydrogens is 422 g/mol. The van der Waals surface area contributed by atoms with Gasteiger partial charge in [0.1, 0.15) is 12.4 Å². The third-order valence-electron chi connectivity index (χ3n) is 5.40. The molecule has 2 rings (SSSR count). The van der Waals surface area contributed by atoms with Crippen LogP contribution in [0.2, 0.25) is 0 Å². The van der Waals surface area contributed by atoms with Crippen molar-refractivity contribution in [3.8, 4) is 5.75 Å². The first-order chi connectivity index (χ1) is 15.6. The number of rotatable bonds is 12. The van der Waals surface area contributed by atoms with Crippen molar-refractivity contribution in [2.45, 2.75) is 78.2 Å². The van der Waals surface area contributed by atoms with Crippen molar-refractivity contribution in [1.82, 2.24) is 0 Å². The van der Waals surface area contributed by atoms with Crippen molar-refractivity contribution in [2.75, 3.05) is 4.90 Å². The second-order valence-electron chi connectivity index (χ2n) is 8.80. The fourth-order valence-electron chi connectivity index (χ4n) is 3.98. The number of aliphatic hydroxyl groups excluding tert-OH is 1. The van der Waals surface area contributed by atoms with Gasteiger partial charge in [-0.2, -0.15) is 0 Å². The molecule has 0 heterocycles. The first kappa shape index (κ1) is 26.2. The summed E-state index contributed by atoms with van der Waals surface area (Å²) < 4.78 is 4.99. The Morgan fingerprint density at radius 3 is 2.30 bits per heavy atom. The number of aliphatic carboxylic acids is 1. The first-order valence-corrected chi connectivity index (χ1v) is 11.3. The number of carboxylic acids is 1. The van der Waals surface area contributed by atoms with Crippen LogP contribution in [0.1, 0.15) is 57.2 Å². The molecule has 0 aliphatic carbocycles. The van der Waals surface area contributed by atoms with E-state index >= 15 is 0 Å². The molecule has 3 N–H and O–H groups in total. The minimum absolute atomic E-state index is 0.106. The molecular formula is C26H35NO6. The van der Waals surface area contributed by atoms with E-state index in [9.17, 15) is 19.8 Å². The topological polar surface area (TPSA) is 107 Å². The lowest BCUT2D eigenvalue weighted by Crippen LogP contribution is -2.36. The maximum absolute atomic E-state index is 11.7. The molecule has 0 fully saturated rings. The average molecular weight is 458 g/mol. The van der Waals surface area contributed by atoms with Crippen molar-refractivity contribution in [2.24, 2.45) is 0 Å². The second kappa shape index (κ2) is 12.3. The van der Waals surface area contributed by atoms with Gasteiger partial charge >= 0.3 is 11.9 Å². The number of esters is 1. The van der Waals surface area contributed by atoms with Gasteiger partial charge in [-0.3, -0.25) is 4.79 Å². The van der Waals surface area contributed by atoms with Crippen LogP contribution >= 0.6 is 0 Å². The van der Waals surface area contributed by atoms with Gasteiger partial charge in [0.05, 0.1) is 6.42 Å². The van der Waals surface area contributed by atoms with Crippen molar-refractivity contribution >= 4 is 17.6 Å². The molecule has 1 atom stereocenters. The summed E-state index contributed by atoms with van der Waals surface area (Å²) in [4.78, 5) is 24.7. The van der Waals surface area contributed by atoms with Crippen LogP contribution in [-0.2, 0) is 33.8 Å². The molecule has 0 amide bonds. The number of hydrogen-bond donors (Lipinski definition) is 3. The van der Waals surface area contributed by atoms with Crippen LogP contribution in [0, 0.1) is 0 Å². The lowest BCUT2D eigenvalue weighted by molar-refractivity contribution is -0.159. The Bertz CT molecular complexity index is 932. The van der Waals surface area contributed by atoms with Crippen LogP contribution in [0.4, 0.5) is 5.69 Å². The Morgan fingerprint density at radius 1 is 0.970 bits per heavy atom. The summed E-state index contributed by atoms with van der Waals surface area (Å²) in [6, 6.07) is 14.3. The Kier molecular flexibility index (Phi) is 9.73. The van der Waals surface area contributed by atoms with E-state index in [4.69, 9.17) is 9.84 Å². The van der Waals surface area contributed by atoms with Gasteiger partial charge in [0, 0.05) is 17.8 Å². The number of aliphatic hydroxyl groups is 1. The molecule has 7 heteroatoms. The van der Waals surface area contributed by atoms with Gasteiger partial charge < -0.3 is 25.0 Å². The predicted molar refractivity (Wildman–Crippen MR) is 127 cm³/mol. The molecule has 0 bridgehead atoms. The fourth-order valence-corrected chi connectivity index (χ4v) is 3.98. The van der Waals surface area contributed by atoms with E-state index in [0.717, 1.165) is 18.4 Å². The van der Waals surface area contributed by atoms with Gasteiger partial charge in [0.15, 0.2) is 6.10 Å². The van der Waals surface area contributed by atoms with Crippen molar-refractivity contribution in [1.29, 1.82) is 0 Å². The summed E-state index contributed by atoms with van der Waals surface area (Å²) in [7, 11) is 0. The molecule has 0 saturated heterocycles. The zero-order valence-electron chi connectivity index (χ0n) is 19.8. The van der Waals surface area contributed by atoms with Crippen molar-refractivity contribution in [3.05, 3.63) is 59.2 Å². The summed E-state index contributed by atoms with van der Waals surface area (Å²) in [5.74, 6) is -2.09. The number of aryl methyl sites for hydroxylation is 2. The maximum Gasteiger partial charge on any atom is 0.335 e. The zero-order chi connectivity index (χ0) is 24.5. The molecule has 0 unspecified atom stereocenters.